The summed E-state index contributed by atoms with van der Waals surface area (Å²) in [7, 11) is -0.553. The zero-order valence-corrected chi connectivity index (χ0v) is 16.5. The first-order chi connectivity index (χ1) is 13.4. The molecule has 0 spiro atoms. The first kappa shape index (κ1) is 18.5. The second-order valence-corrected chi connectivity index (χ2v) is 9.08. The SMILES string of the molecule is CN(C)S(=O)(=O)c1ccc(C(=O)N2CCc3nc4ncccc4cc3C2)cc1. The third-order valence-electron chi connectivity index (χ3n) is 4.90. The molecule has 7 nitrogen and oxygen atoms in total. The van der Waals surface area contributed by atoms with Crippen molar-refractivity contribution in [1.29, 1.82) is 0 Å². The maximum Gasteiger partial charge on any atom is 0.254 e. The first-order valence-corrected chi connectivity index (χ1v) is 10.4. The van der Waals surface area contributed by atoms with Crippen LogP contribution in [0.5, 0.6) is 0 Å². The predicted octanol–water partition coefficient (Wildman–Crippen LogP) is 2.08. The highest BCUT2D eigenvalue weighted by Crippen LogP contribution is 2.23. The molecule has 0 bridgehead atoms. The number of hydrogen-bond donors (Lipinski definition) is 0. The van der Waals surface area contributed by atoms with E-state index in [4.69, 9.17) is 0 Å². The number of hydrogen-bond acceptors (Lipinski definition) is 5. The number of rotatable bonds is 3. The number of sulfonamides is 1. The average molecular weight is 396 g/mol. The molecule has 1 aromatic carbocycles. The van der Waals surface area contributed by atoms with Crippen LogP contribution in [0.15, 0.2) is 53.6 Å². The highest BCUT2D eigenvalue weighted by Gasteiger charge is 2.24. The second kappa shape index (κ2) is 6.96. The highest BCUT2D eigenvalue weighted by atomic mass is 32.2. The second-order valence-electron chi connectivity index (χ2n) is 6.93. The van der Waals surface area contributed by atoms with Gasteiger partial charge in [-0.1, -0.05) is 0 Å². The minimum Gasteiger partial charge on any atom is -0.334 e. The molecule has 0 unspecified atom stereocenters. The van der Waals surface area contributed by atoms with Gasteiger partial charge < -0.3 is 4.90 Å². The van der Waals surface area contributed by atoms with Crippen LogP contribution >= 0.6 is 0 Å². The van der Waals surface area contributed by atoms with Gasteiger partial charge in [-0.05, 0) is 48.0 Å². The summed E-state index contributed by atoms with van der Waals surface area (Å²) in [6.07, 6.45) is 2.39. The Kier molecular flexibility index (Phi) is 4.60. The van der Waals surface area contributed by atoms with E-state index < -0.39 is 10.0 Å². The number of aromatic nitrogens is 2. The Labute approximate surface area is 163 Å². The minimum atomic E-state index is -3.51. The van der Waals surface area contributed by atoms with Gasteiger partial charge in [0.25, 0.3) is 5.91 Å². The van der Waals surface area contributed by atoms with Crippen molar-refractivity contribution in [3.63, 3.8) is 0 Å². The molecule has 0 N–H and O–H groups in total. The van der Waals surface area contributed by atoms with Crippen molar-refractivity contribution in [1.82, 2.24) is 19.2 Å². The Bertz CT molecular complexity index is 1160. The zero-order chi connectivity index (χ0) is 19.9. The lowest BCUT2D eigenvalue weighted by Gasteiger charge is -2.28. The van der Waals surface area contributed by atoms with E-state index in [2.05, 4.69) is 9.97 Å². The van der Waals surface area contributed by atoms with Crippen LogP contribution in [0.4, 0.5) is 0 Å². The van der Waals surface area contributed by atoms with E-state index in [9.17, 15) is 13.2 Å². The molecule has 0 saturated heterocycles. The lowest BCUT2D eigenvalue weighted by atomic mass is 10.0. The van der Waals surface area contributed by atoms with E-state index in [1.54, 1.807) is 23.2 Å². The van der Waals surface area contributed by atoms with Crippen LogP contribution in [0, 0.1) is 0 Å². The van der Waals surface area contributed by atoms with Gasteiger partial charge >= 0.3 is 0 Å². The fourth-order valence-corrected chi connectivity index (χ4v) is 4.20. The Morgan fingerprint density at radius 2 is 1.89 bits per heavy atom. The molecule has 3 aromatic rings. The largest absolute Gasteiger partial charge is 0.334 e. The topological polar surface area (TPSA) is 83.5 Å². The van der Waals surface area contributed by atoms with Gasteiger partial charge in [-0.3, -0.25) is 4.79 Å². The minimum absolute atomic E-state index is 0.120. The van der Waals surface area contributed by atoms with Crippen molar-refractivity contribution >= 4 is 27.0 Å². The lowest BCUT2D eigenvalue weighted by molar-refractivity contribution is 0.0733. The lowest BCUT2D eigenvalue weighted by Crippen LogP contribution is -2.36. The summed E-state index contributed by atoms with van der Waals surface area (Å²) < 4.78 is 25.5. The fraction of sp³-hybridized carbons (Fsp3) is 0.250. The van der Waals surface area contributed by atoms with Crippen LogP contribution in [-0.2, 0) is 23.0 Å². The molecule has 0 radical (unpaired) electrons. The molecule has 8 heteroatoms. The molecule has 1 aliphatic heterocycles. The van der Waals surface area contributed by atoms with Gasteiger partial charge in [-0.15, -0.1) is 0 Å². The van der Waals surface area contributed by atoms with Crippen molar-refractivity contribution in [2.24, 2.45) is 0 Å². The van der Waals surface area contributed by atoms with Crippen LogP contribution in [-0.4, -0.2) is 54.1 Å². The van der Waals surface area contributed by atoms with Crippen LogP contribution in [0.25, 0.3) is 11.0 Å². The van der Waals surface area contributed by atoms with Gasteiger partial charge in [-0.2, -0.15) is 0 Å². The van der Waals surface area contributed by atoms with E-state index in [0.717, 1.165) is 26.6 Å². The van der Waals surface area contributed by atoms with Crippen LogP contribution in [0.3, 0.4) is 0 Å². The summed E-state index contributed by atoms with van der Waals surface area (Å²) in [5.41, 5.74) is 3.19. The molecule has 1 amide bonds. The van der Waals surface area contributed by atoms with Crippen LogP contribution < -0.4 is 0 Å². The highest BCUT2D eigenvalue weighted by molar-refractivity contribution is 7.89. The molecule has 3 heterocycles. The maximum atomic E-state index is 12.9. The molecule has 0 aliphatic carbocycles. The molecule has 2 aromatic heterocycles. The summed E-state index contributed by atoms with van der Waals surface area (Å²) in [5.74, 6) is -0.120. The van der Waals surface area contributed by atoms with Gasteiger partial charge in [-0.25, -0.2) is 22.7 Å². The summed E-state index contributed by atoms with van der Waals surface area (Å²) >= 11 is 0. The van der Waals surface area contributed by atoms with Crippen LogP contribution in [0.1, 0.15) is 21.6 Å². The van der Waals surface area contributed by atoms with Crippen molar-refractivity contribution in [3.8, 4) is 0 Å². The average Bonchev–Trinajstić information content (AvgIpc) is 2.71. The number of amides is 1. The van der Waals surface area contributed by atoms with Crippen molar-refractivity contribution in [2.75, 3.05) is 20.6 Å². The summed E-state index contributed by atoms with van der Waals surface area (Å²) in [6.45, 7) is 1.04. The van der Waals surface area contributed by atoms with Gasteiger partial charge in [0.2, 0.25) is 10.0 Å². The predicted molar refractivity (Wildman–Crippen MR) is 105 cm³/mol. The zero-order valence-electron chi connectivity index (χ0n) is 15.7. The first-order valence-electron chi connectivity index (χ1n) is 8.91. The number of carbonyl (C=O) groups excluding carboxylic acids is 1. The molecular formula is C20H20N4O3S. The number of fused-ring (bicyclic) bond motifs is 2. The third kappa shape index (κ3) is 3.25. The molecule has 0 fully saturated rings. The Morgan fingerprint density at radius 1 is 1.14 bits per heavy atom. The number of carbonyl (C=O) groups is 1. The van der Waals surface area contributed by atoms with E-state index in [1.165, 1.54) is 26.2 Å². The van der Waals surface area contributed by atoms with Crippen molar-refractivity contribution < 1.29 is 13.2 Å². The molecule has 1 aliphatic rings. The third-order valence-corrected chi connectivity index (χ3v) is 6.73. The van der Waals surface area contributed by atoms with Gasteiger partial charge in [0.05, 0.1) is 4.90 Å². The molecule has 0 saturated carbocycles. The fourth-order valence-electron chi connectivity index (χ4n) is 3.30. The maximum absolute atomic E-state index is 12.9. The molecule has 28 heavy (non-hydrogen) atoms. The van der Waals surface area contributed by atoms with Crippen LogP contribution in [0.2, 0.25) is 0 Å². The smallest absolute Gasteiger partial charge is 0.254 e. The Morgan fingerprint density at radius 3 is 2.61 bits per heavy atom. The molecular weight excluding hydrogens is 376 g/mol. The van der Waals surface area contributed by atoms with Gasteiger partial charge in [0, 0.05) is 56.4 Å². The van der Waals surface area contributed by atoms with Crippen molar-refractivity contribution in [2.45, 2.75) is 17.9 Å². The van der Waals surface area contributed by atoms with E-state index in [1.807, 2.05) is 18.2 Å². The summed E-state index contributed by atoms with van der Waals surface area (Å²) in [6, 6.07) is 11.9. The Hall–Kier alpha value is -2.84. The van der Waals surface area contributed by atoms with Gasteiger partial charge in [0.1, 0.15) is 0 Å². The molecule has 0 atom stereocenters. The standard InChI is InChI=1S/C20H20N4O3S/c1-23(2)28(26,27)17-7-5-14(6-8-17)20(25)24-11-9-18-16(13-24)12-15-4-3-10-21-19(15)22-18/h3-8,10,12H,9,11,13H2,1-2H3. The van der Waals surface area contributed by atoms with Gasteiger partial charge in [0.15, 0.2) is 5.65 Å². The normalized spacial score (nSPS) is 14.3. The number of nitrogens with zero attached hydrogens (tertiary/aromatic N) is 4. The van der Waals surface area contributed by atoms with E-state index in [-0.39, 0.29) is 10.8 Å². The quantitative estimate of drug-likeness (QED) is 0.677. The molecule has 4 rings (SSSR count). The summed E-state index contributed by atoms with van der Waals surface area (Å²) in [4.78, 5) is 23.7. The summed E-state index contributed by atoms with van der Waals surface area (Å²) in [5, 5.41) is 0.953. The monoisotopic (exact) mass is 396 g/mol. The molecule has 144 valence electrons. The number of benzene rings is 1. The number of pyridine rings is 2. The van der Waals surface area contributed by atoms with E-state index in [0.29, 0.717) is 25.1 Å². The van der Waals surface area contributed by atoms with E-state index >= 15 is 0 Å². The Balaban J connectivity index is 1.57. The van der Waals surface area contributed by atoms with Crippen molar-refractivity contribution in [3.05, 3.63) is 65.5 Å².